The Kier molecular flexibility index (Phi) is 5.75. The van der Waals surface area contributed by atoms with Gasteiger partial charge in [-0.3, -0.25) is 4.79 Å². The minimum atomic E-state index is -0.514. The number of hydrogen-bond acceptors (Lipinski definition) is 4. The van der Waals surface area contributed by atoms with Crippen LogP contribution in [0, 0.1) is 0 Å². The van der Waals surface area contributed by atoms with Crippen LogP contribution in [0.5, 0.6) is 0 Å². The summed E-state index contributed by atoms with van der Waals surface area (Å²) < 4.78 is 0. The van der Waals surface area contributed by atoms with E-state index >= 15 is 0 Å². The number of carbonyl (C=O) groups excluding carboxylic acids is 1. The summed E-state index contributed by atoms with van der Waals surface area (Å²) in [6.45, 7) is 8.05. The van der Waals surface area contributed by atoms with Gasteiger partial charge in [0.2, 0.25) is 0 Å². The molecule has 1 atom stereocenters. The van der Waals surface area contributed by atoms with Crippen molar-refractivity contribution >= 4 is 17.2 Å². The average molecular weight is 270 g/mol. The quantitative estimate of drug-likeness (QED) is 0.863. The zero-order chi connectivity index (χ0) is 13.7. The zero-order valence-electron chi connectivity index (χ0n) is 11.5. The summed E-state index contributed by atoms with van der Waals surface area (Å²) in [6, 6.07) is 0.0730. The Morgan fingerprint density at radius 2 is 2.17 bits per heavy atom. The number of aliphatic hydroxyl groups is 1. The molecule has 0 aliphatic carbocycles. The van der Waals surface area contributed by atoms with E-state index in [0.717, 1.165) is 17.8 Å². The van der Waals surface area contributed by atoms with Crippen LogP contribution in [0.15, 0.2) is 6.20 Å². The molecule has 0 radical (unpaired) electrons. The lowest BCUT2D eigenvalue weighted by atomic mass is 10.2. The zero-order valence-corrected chi connectivity index (χ0v) is 12.3. The van der Waals surface area contributed by atoms with E-state index in [9.17, 15) is 9.90 Å². The van der Waals surface area contributed by atoms with Crippen LogP contribution < -0.4 is 0 Å². The van der Waals surface area contributed by atoms with E-state index in [1.165, 1.54) is 11.3 Å². The number of carbonyl (C=O) groups is 1. The third-order valence-corrected chi connectivity index (χ3v) is 3.62. The van der Waals surface area contributed by atoms with E-state index in [1.54, 1.807) is 18.0 Å². The number of aromatic nitrogens is 1. The highest BCUT2D eigenvalue weighted by Gasteiger charge is 2.22. The van der Waals surface area contributed by atoms with E-state index in [4.69, 9.17) is 0 Å². The van der Waals surface area contributed by atoms with Crippen molar-refractivity contribution in [3.05, 3.63) is 16.1 Å². The van der Waals surface area contributed by atoms with Crippen molar-refractivity contribution in [3.63, 3.8) is 0 Å². The van der Waals surface area contributed by atoms with Crippen molar-refractivity contribution in [2.24, 2.45) is 0 Å². The van der Waals surface area contributed by atoms with E-state index in [1.807, 2.05) is 13.8 Å². The van der Waals surface area contributed by atoms with Gasteiger partial charge >= 0.3 is 0 Å². The maximum atomic E-state index is 12.3. The second-order valence-corrected chi connectivity index (χ2v) is 5.88. The molecule has 4 nitrogen and oxygen atoms in total. The normalized spacial score (nSPS) is 12.8. The monoisotopic (exact) mass is 270 g/mol. The molecule has 0 fully saturated rings. The molecule has 0 spiro atoms. The Morgan fingerprint density at radius 1 is 1.50 bits per heavy atom. The number of amides is 1. The second kappa shape index (κ2) is 6.85. The number of rotatable bonds is 6. The smallest absolute Gasteiger partial charge is 0.265 e. The summed E-state index contributed by atoms with van der Waals surface area (Å²) in [4.78, 5) is 18.9. The molecule has 1 rings (SSSR count). The lowest BCUT2D eigenvalue weighted by Gasteiger charge is -2.27. The van der Waals surface area contributed by atoms with Crippen molar-refractivity contribution < 1.29 is 9.90 Å². The first-order chi connectivity index (χ1) is 8.45. The van der Waals surface area contributed by atoms with Gasteiger partial charge in [-0.2, -0.15) is 0 Å². The molecule has 0 saturated carbocycles. The Balaban J connectivity index is 2.81. The first-order valence-corrected chi connectivity index (χ1v) is 7.21. The molecule has 1 amide bonds. The highest BCUT2D eigenvalue weighted by atomic mass is 32.1. The standard InChI is InChI=1S/C13H22N2O2S/c1-5-6-12-14-7-11(18-12)13(17)15(9(2)3)8-10(4)16/h7,9-10,16H,5-6,8H2,1-4H3. The van der Waals surface area contributed by atoms with Crippen LogP contribution in [0.3, 0.4) is 0 Å². The molecule has 0 bridgehead atoms. The molecule has 0 aromatic carbocycles. The molecule has 1 heterocycles. The van der Waals surface area contributed by atoms with E-state index in [-0.39, 0.29) is 11.9 Å². The second-order valence-electron chi connectivity index (χ2n) is 4.77. The van der Waals surface area contributed by atoms with Crippen molar-refractivity contribution in [1.82, 2.24) is 9.88 Å². The number of thiazole rings is 1. The molecule has 1 N–H and O–H groups in total. The Labute approximate surface area is 113 Å². The van der Waals surface area contributed by atoms with Gasteiger partial charge in [0.25, 0.3) is 5.91 Å². The van der Waals surface area contributed by atoms with Crippen molar-refractivity contribution in [1.29, 1.82) is 0 Å². The topological polar surface area (TPSA) is 53.4 Å². The molecule has 0 saturated heterocycles. The maximum absolute atomic E-state index is 12.3. The lowest BCUT2D eigenvalue weighted by Crippen LogP contribution is -2.41. The Morgan fingerprint density at radius 3 is 2.67 bits per heavy atom. The highest BCUT2D eigenvalue weighted by Crippen LogP contribution is 2.18. The fourth-order valence-corrected chi connectivity index (χ4v) is 2.67. The molecular formula is C13H22N2O2S. The predicted octanol–water partition coefficient (Wildman–Crippen LogP) is 2.33. The highest BCUT2D eigenvalue weighted by molar-refractivity contribution is 7.13. The number of aliphatic hydroxyl groups excluding tert-OH is 1. The average Bonchev–Trinajstić information content (AvgIpc) is 2.73. The summed E-state index contributed by atoms with van der Waals surface area (Å²) in [7, 11) is 0. The third kappa shape index (κ3) is 4.07. The van der Waals surface area contributed by atoms with Gasteiger partial charge in [-0.15, -0.1) is 11.3 Å². The minimum Gasteiger partial charge on any atom is -0.392 e. The van der Waals surface area contributed by atoms with Gasteiger partial charge in [-0.1, -0.05) is 6.92 Å². The third-order valence-electron chi connectivity index (χ3n) is 2.57. The molecule has 0 aliphatic rings. The van der Waals surface area contributed by atoms with Crippen molar-refractivity contribution in [2.75, 3.05) is 6.54 Å². The van der Waals surface area contributed by atoms with Crippen LogP contribution >= 0.6 is 11.3 Å². The fourth-order valence-electron chi connectivity index (χ4n) is 1.69. The minimum absolute atomic E-state index is 0.0363. The SMILES string of the molecule is CCCc1ncc(C(=O)N(CC(C)O)C(C)C)s1. The fraction of sp³-hybridized carbons (Fsp3) is 0.692. The van der Waals surface area contributed by atoms with Crippen LogP contribution in [0.2, 0.25) is 0 Å². The first kappa shape index (κ1) is 15.1. The molecule has 5 heteroatoms. The van der Waals surface area contributed by atoms with E-state index in [2.05, 4.69) is 11.9 Å². The van der Waals surface area contributed by atoms with Crippen LogP contribution in [0.25, 0.3) is 0 Å². The van der Waals surface area contributed by atoms with Crippen LogP contribution in [-0.2, 0) is 6.42 Å². The maximum Gasteiger partial charge on any atom is 0.265 e. The summed E-state index contributed by atoms with van der Waals surface area (Å²) >= 11 is 1.45. The summed E-state index contributed by atoms with van der Waals surface area (Å²) in [5.74, 6) is -0.0363. The van der Waals surface area contributed by atoms with Crippen molar-refractivity contribution in [3.8, 4) is 0 Å². The Hall–Kier alpha value is -0.940. The first-order valence-electron chi connectivity index (χ1n) is 6.39. The van der Waals surface area contributed by atoms with Crippen LogP contribution in [0.1, 0.15) is 48.8 Å². The van der Waals surface area contributed by atoms with Gasteiger partial charge in [-0.05, 0) is 33.6 Å². The van der Waals surface area contributed by atoms with Crippen molar-refractivity contribution in [2.45, 2.75) is 52.7 Å². The predicted molar refractivity (Wildman–Crippen MR) is 74.0 cm³/mol. The van der Waals surface area contributed by atoms with E-state index < -0.39 is 6.10 Å². The van der Waals surface area contributed by atoms with Gasteiger partial charge < -0.3 is 10.0 Å². The molecule has 1 aromatic rings. The van der Waals surface area contributed by atoms with Crippen LogP contribution in [0.4, 0.5) is 0 Å². The molecule has 1 aromatic heterocycles. The summed E-state index contributed by atoms with van der Waals surface area (Å²) in [5.41, 5.74) is 0. The molecule has 18 heavy (non-hydrogen) atoms. The van der Waals surface area contributed by atoms with Gasteiger partial charge in [0.1, 0.15) is 4.88 Å². The number of aryl methyl sites for hydroxylation is 1. The summed E-state index contributed by atoms with van der Waals surface area (Å²) in [5, 5.41) is 10.5. The molecule has 0 aliphatic heterocycles. The van der Waals surface area contributed by atoms with Gasteiger partial charge in [0.05, 0.1) is 17.3 Å². The molecule has 1 unspecified atom stereocenters. The van der Waals surface area contributed by atoms with Gasteiger partial charge in [0.15, 0.2) is 0 Å². The lowest BCUT2D eigenvalue weighted by molar-refractivity contribution is 0.0583. The number of nitrogens with zero attached hydrogens (tertiary/aromatic N) is 2. The number of hydrogen-bond donors (Lipinski definition) is 1. The summed E-state index contributed by atoms with van der Waals surface area (Å²) in [6.07, 6.45) is 3.08. The largest absolute Gasteiger partial charge is 0.392 e. The van der Waals surface area contributed by atoms with E-state index in [0.29, 0.717) is 11.4 Å². The molecule has 102 valence electrons. The Bertz CT molecular complexity index is 388. The van der Waals surface area contributed by atoms with Crippen LogP contribution in [-0.4, -0.2) is 39.6 Å². The van der Waals surface area contributed by atoms with Gasteiger partial charge in [0, 0.05) is 12.6 Å². The molecular weight excluding hydrogens is 248 g/mol. The van der Waals surface area contributed by atoms with Gasteiger partial charge in [-0.25, -0.2) is 4.98 Å².